The number of hydrogen-bond acceptors (Lipinski definition) is 3. The minimum absolute atomic E-state index is 0.644. The van der Waals surface area contributed by atoms with Crippen molar-refractivity contribution in [2.75, 3.05) is 4.90 Å². The van der Waals surface area contributed by atoms with E-state index < -0.39 is 0 Å². The lowest BCUT2D eigenvalue weighted by molar-refractivity contribution is 0.620. The van der Waals surface area contributed by atoms with Crippen molar-refractivity contribution >= 4 is 71.3 Å². The Morgan fingerprint density at radius 1 is 0.432 bits per heavy atom. The average molecular weight is 563 g/mol. The van der Waals surface area contributed by atoms with Gasteiger partial charge in [-0.1, -0.05) is 103 Å². The highest BCUT2D eigenvalue weighted by Crippen LogP contribution is 2.43. The van der Waals surface area contributed by atoms with Gasteiger partial charge < -0.3 is 9.32 Å². The summed E-state index contributed by atoms with van der Waals surface area (Å²) < 4.78 is 6.18. The first-order valence-electron chi connectivity index (χ1n) is 14.9. The van der Waals surface area contributed by atoms with Crippen molar-refractivity contribution in [1.82, 2.24) is 4.98 Å². The number of oxazole rings is 1. The maximum absolute atomic E-state index is 6.18. The quantitative estimate of drug-likeness (QED) is 0.200. The van der Waals surface area contributed by atoms with Crippen LogP contribution in [0.4, 0.5) is 17.1 Å². The predicted octanol–water partition coefficient (Wildman–Crippen LogP) is 11.6. The van der Waals surface area contributed by atoms with Crippen LogP contribution in [0.15, 0.2) is 162 Å². The van der Waals surface area contributed by atoms with E-state index in [4.69, 9.17) is 9.40 Å². The fraction of sp³-hybridized carbons (Fsp3) is 0. The minimum atomic E-state index is 0.644. The SMILES string of the molecule is c1ccc(-c2nc3c(ccc4c5ccc6c(N(c7ccccc7)c7ccc8ccccc8c7)cccc6c5ccc43)o2)cc1. The van der Waals surface area contributed by atoms with Crippen LogP contribution in [0.1, 0.15) is 0 Å². The highest BCUT2D eigenvalue weighted by atomic mass is 16.3. The summed E-state index contributed by atoms with van der Waals surface area (Å²) in [7, 11) is 0. The molecular formula is C41H26N2O. The van der Waals surface area contributed by atoms with E-state index in [1.165, 1.54) is 37.7 Å². The summed E-state index contributed by atoms with van der Waals surface area (Å²) in [5, 5.41) is 9.56. The van der Waals surface area contributed by atoms with Crippen molar-refractivity contribution in [2.24, 2.45) is 0 Å². The topological polar surface area (TPSA) is 29.3 Å². The van der Waals surface area contributed by atoms with Gasteiger partial charge in [0.15, 0.2) is 5.58 Å². The van der Waals surface area contributed by atoms with Gasteiger partial charge >= 0.3 is 0 Å². The standard InChI is InChI=1S/C41H26N2O/c1-3-11-28(12-4-1)41-42-40-37-23-21-33-32-16-9-17-38(36(32)22-20-34(33)35(37)24-25-39(40)44-41)43(30-14-5-2-6-15-30)31-19-18-27-10-7-8-13-29(27)26-31/h1-26H. The second-order valence-corrected chi connectivity index (χ2v) is 11.2. The van der Waals surface area contributed by atoms with Gasteiger partial charge in [0.05, 0.1) is 5.69 Å². The summed E-state index contributed by atoms with van der Waals surface area (Å²) in [5.74, 6) is 0.644. The Bertz CT molecular complexity index is 2500. The zero-order valence-corrected chi connectivity index (χ0v) is 23.8. The van der Waals surface area contributed by atoms with E-state index >= 15 is 0 Å². The maximum Gasteiger partial charge on any atom is 0.227 e. The van der Waals surface area contributed by atoms with Crippen molar-refractivity contribution in [3.05, 3.63) is 158 Å². The Hall–Kier alpha value is -5.93. The number of anilines is 3. The molecule has 0 aliphatic carbocycles. The second kappa shape index (κ2) is 9.82. The molecule has 0 bridgehead atoms. The number of fused-ring (bicyclic) bond motifs is 8. The third-order valence-corrected chi connectivity index (χ3v) is 8.65. The van der Waals surface area contributed by atoms with Crippen LogP contribution >= 0.6 is 0 Å². The molecule has 0 N–H and O–H groups in total. The predicted molar refractivity (Wildman–Crippen MR) is 184 cm³/mol. The Labute approximate surface area is 254 Å². The Morgan fingerprint density at radius 3 is 1.89 bits per heavy atom. The summed E-state index contributed by atoms with van der Waals surface area (Å²) in [6, 6.07) is 55.8. The van der Waals surface area contributed by atoms with Crippen LogP contribution in [0.3, 0.4) is 0 Å². The minimum Gasteiger partial charge on any atom is -0.436 e. The molecule has 0 aliphatic rings. The van der Waals surface area contributed by atoms with Gasteiger partial charge in [0.2, 0.25) is 5.89 Å². The molecule has 0 atom stereocenters. The normalized spacial score (nSPS) is 11.6. The van der Waals surface area contributed by atoms with Gasteiger partial charge in [-0.2, -0.15) is 0 Å². The van der Waals surface area contributed by atoms with Crippen molar-refractivity contribution in [3.8, 4) is 11.5 Å². The monoisotopic (exact) mass is 562 g/mol. The van der Waals surface area contributed by atoms with Gasteiger partial charge in [-0.25, -0.2) is 4.98 Å². The summed E-state index contributed by atoms with van der Waals surface area (Å²) in [5.41, 5.74) is 6.06. The highest BCUT2D eigenvalue weighted by Gasteiger charge is 2.18. The number of rotatable bonds is 4. The highest BCUT2D eigenvalue weighted by molar-refractivity contribution is 6.22. The number of aromatic nitrogens is 1. The van der Waals surface area contributed by atoms with Gasteiger partial charge in [0.25, 0.3) is 0 Å². The molecular weight excluding hydrogens is 536 g/mol. The van der Waals surface area contributed by atoms with Crippen LogP contribution in [0, 0.1) is 0 Å². The van der Waals surface area contributed by atoms with E-state index in [0.29, 0.717) is 5.89 Å². The Morgan fingerprint density at radius 2 is 1.07 bits per heavy atom. The van der Waals surface area contributed by atoms with Crippen molar-refractivity contribution in [2.45, 2.75) is 0 Å². The lowest BCUT2D eigenvalue weighted by Crippen LogP contribution is -2.10. The largest absolute Gasteiger partial charge is 0.436 e. The van der Waals surface area contributed by atoms with Crippen molar-refractivity contribution in [3.63, 3.8) is 0 Å². The molecule has 9 aromatic rings. The average Bonchev–Trinajstić information content (AvgIpc) is 3.54. The molecule has 0 saturated carbocycles. The first kappa shape index (κ1) is 24.6. The molecule has 0 radical (unpaired) electrons. The zero-order valence-electron chi connectivity index (χ0n) is 23.8. The number of hydrogen-bond donors (Lipinski definition) is 0. The maximum atomic E-state index is 6.18. The van der Waals surface area contributed by atoms with Gasteiger partial charge in [0.1, 0.15) is 5.52 Å². The van der Waals surface area contributed by atoms with Crippen LogP contribution in [0.2, 0.25) is 0 Å². The van der Waals surface area contributed by atoms with Gasteiger partial charge in [0, 0.05) is 27.7 Å². The molecule has 206 valence electrons. The third kappa shape index (κ3) is 3.87. The van der Waals surface area contributed by atoms with E-state index in [1.807, 2.05) is 36.4 Å². The number of nitrogens with zero attached hydrogens (tertiary/aromatic N) is 2. The van der Waals surface area contributed by atoms with Gasteiger partial charge in [-0.05, 0) is 86.9 Å². The molecule has 8 aromatic carbocycles. The molecule has 0 fully saturated rings. The van der Waals surface area contributed by atoms with Gasteiger partial charge in [-0.3, -0.25) is 0 Å². The first-order chi connectivity index (χ1) is 21.8. The lowest BCUT2D eigenvalue weighted by atomic mass is 9.95. The summed E-state index contributed by atoms with van der Waals surface area (Å²) in [6.07, 6.45) is 0. The Kier molecular flexibility index (Phi) is 5.50. The molecule has 44 heavy (non-hydrogen) atoms. The third-order valence-electron chi connectivity index (χ3n) is 8.65. The van der Waals surface area contributed by atoms with E-state index in [1.54, 1.807) is 0 Å². The van der Waals surface area contributed by atoms with E-state index in [0.717, 1.165) is 39.1 Å². The molecule has 0 spiro atoms. The fourth-order valence-corrected chi connectivity index (χ4v) is 6.58. The van der Waals surface area contributed by atoms with Crippen LogP contribution in [0.25, 0.3) is 65.6 Å². The molecule has 0 amide bonds. The summed E-state index contributed by atoms with van der Waals surface area (Å²) in [4.78, 5) is 7.30. The van der Waals surface area contributed by atoms with E-state index in [2.05, 4.69) is 126 Å². The fourth-order valence-electron chi connectivity index (χ4n) is 6.58. The molecule has 0 unspecified atom stereocenters. The van der Waals surface area contributed by atoms with E-state index in [-0.39, 0.29) is 0 Å². The summed E-state index contributed by atoms with van der Waals surface area (Å²) in [6.45, 7) is 0. The van der Waals surface area contributed by atoms with Crippen LogP contribution < -0.4 is 4.90 Å². The number of benzene rings is 8. The molecule has 0 saturated heterocycles. The number of para-hydroxylation sites is 1. The molecule has 9 rings (SSSR count). The van der Waals surface area contributed by atoms with Gasteiger partial charge in [-0.15, -0.1) is 0 Å². The van der Waals surface area contributed by atoms with E-state index in [9.17, 15) is 0 Å². The van der Waals surface area contributed by atoms with Crippen LogP contribution in [0.5, 0.6) is 0 Å². The molecule has 0 aliphatic heterocycles. The van der Waals surface area contributed by atoms with Crippen LogP contribution in [-0.4, -0.2) is 4.98 Å². The second-order valence-electron chi connectivity index (χ2n) is 11.2. The first-order valence-corrected chi connectivity index (χ1v) is 14.9. The smallest absolute Gasteiger partial charge is 0.227 e. The zero-order chi connectivity index (χ0) is 29.0. The molecule has 1 aromatic heterocycles. The Balaban J connectivity index is 1.25. The van der Waals surface area contributed by atoms with Crippen molar-refractivity contribution < 1.29 is 4.42 Å². The lowest BCUT2D eigenvalue weighted by Gasteiger charge is -2.27. The molecule has 3 heteroatoms. The van der Waals surface area contributed by atoms with Crippen LogP contribution in [-0.2, 0) is 0 Å². The van der Waals surface area contributed by atoms with Crippen molar-refractivity contribution in [1.29, 1.82) is 0 Å². The summed E-state index contributed by atoms with van der Waals surface area (Å²) >= 11 is 0. The molecule has 3 nitrogen and oxygen atoms in total. The molecule has 1 heterocycles.